The van der Waals surface area contributed by atoms with E-state index in [0.29, 0.717) is 6.04 Å². The minimum atomic E-state index is -0.367. The van der Waals surface area contributed by atoms with Gasteiger partial charge in [-0.1, -0.05) is 55.5 Å². The van der Waals surface area contributed by atoms with Crippen LogP contribution in [0, 0.1) is 6.92 Å². The fourth-order valence-corrected chi connectivity index (χ4v) is 3.01. The molecule has 0 saturated heterocycles. The molecule has 1 aliphatic rings. The number of nitrogens with zero attached hydrogens (tertiary/aromatic N) is 1. The predicted molar refractivity (Wildman–Crippen MR) is 80.3 cm³/mol. The highest BCUT2D eigenvalue weighted by molar-refractivity contribution is 5.23. The van der Waals surface area contributed by atoms with Gasteiger partial charge in [0.2, 0.25) is 0 Å². The zero-order chi connectivity index (χ0) is 13.7. The quantitative estimate of drug-likeness (QED) is 0.836. The van der Waals surface area contributed by atoms with E-state index in [0.717, 1.165) is 12.1 Å². The first-order valence-electron chi connectivity index (χ1n) is 7.61. The molecule has 1 saturated carbocycles. The van der Waals surface area contributed by atoms with Crippen LogP contribution < -0.4 is 0 Å². The van der Waals surface area contributed by atoms with E-state index in [9.17, 15) is 5.11 Å². The molecule has 0 amide bonds. The molecule has 106 valence electrons. The van der Waals surface area contributed by atoms with E-state index in [1.165, 1.54) is 44.1 Å². The van der Waals surface area contributed by atoms with E-state index in [1.807, 2.05) is 12.1 Å². The van der Waals surface area contributed by atoms with Crippen LogP contribution in [-0.4, -0.2) is 29.6 Å². The number of hydrogen-bond acceptors (Lipinski definition) is 2. The summed E-state index contributed by atoms with van der Waals surface area (Å²) in [6, 6.07) is 8.89. The summed E-state index contributed by atoms with van der Waals surface area (Å²) >= 11 is 0. The van der Waals surface area contributed by atoms with Crippen molar-refractivity contribution < 1.29 is 5.11 Å². The molecular weight excluding hydrogens is 234 g/mol. The molecule has 0 aromatic heterocycles. The fourth-order valence-electron chi connectivity index (χ4n) is 3.01. The summed E-state index contributed by atoms with van der Waals surface area (Å²) in [5, 5.41) is 10.3. The van der Waals surface area contributed by atoms with Crippen LogP contribution >= 0.6 is 0 Å². The van der Waals surface area contributed by atoms with Crippen molar-refractivity contribution in [1.29, 1.82) is 0 Å². The van der Waals surface area contributed by atoms with Gasteiger partial charge in [-0.3, -0.25) is 0 Å². The van der Waals surface area contributed by atoms with Crippen LogP contribution in [0.3, 0.4) is 0 Å². The topological polar surface area (TPSA) is 23.5 Å². The average molecular weight is 261 g/mol. The van der Waals surface area contributed by atoms with Gasteiger partial charge in [-0.15, -0.1) is 0 Å². The average Bonchev–Trinajstić information content (AvgIpc) is 2.68. The van der Waals surface area contributed by atoms with E-state index in [-0.39, 0.29) is 6.10 Å². The number of aliphatic hydroxyl groups excluding tert-OH is 1. The van der Waals surface area contributed by atoms with Crippen molar-refractivity contribution in [2.24, 2.45) is 0 Å². The number of likely N-dealkylation sites (N-methyl/N-ethyl adjacent to an activating group) is 1. The van der Waals surface area contributed by atoms with Crippen LogP contribution in [0.15, 0.2) is 24.3 Å². The SMILES string of the molecule is Cc1ccc(C(O)CN(C)C2CCCCCC2)cc1. The summed E-state index contributed by atoms with van der Waals surface area (Å²) in [4.78, 5) is 2.36. The lowest BCUT2D eigenvalue weighted by atomic mass is 10.0. The van der Waals surface area contributed by atoms with Gasteiger partial charge in [-0.2, -0.15) is 0 Å². The first kappa shape index (κ1) is 14.5. The molecule has 1 aromatic carbocycles. The highest BCUT2D eigenvalue weighted by Gasteiger charge is 2.19. The van der Waals surface area contributed by atoms with Gasteiger partial charge in [0.1, 0.15) is 0 Å². The van der Waals surface area contributed by atoms with Crippen molar-refractivity contribution in [3.05, 3.63) is 35.4 Å². The van der Waals surface area contributed by atoms with Crippen LogP contribution in [0.25, 0.3) is 0 Å². The zero-order valence-electron chi connectivity index (χ0n) is 12.3. The van der Waals surface area contributed by atoms with Crippen molar-refractivity contribution in [3.63, 3.8) is 0 Å². The van der Waals surface area contributed by atoms with Crippen molar-refractivity contribution >= 4 is 0 Å². The minimum absolute atomic E-state index is 0.367. The van der Waals surface area contributed by atoms with Gasteiger partial charge in [0.05, 0.1) is 6.10 Å². The third-order valence-electron chi connectivity index (χ3n) is 4.37. The van der Waals surface area contributed by atoms with Crippen molar-refractivity contribution in [3.8, 4) is 0 Å². The highest BCUT2D eigenvalue weighted by Crippen LogP contribution is 2.23. The molecular formula is C17H27NO. The highest BCUT2D eigenvalue weighted by atomic mass is 16.3. The van der Waals surface area contributed by atoms with Gasteiger partial charge in [0.15, 0.2) is 0 Å². The van der Waals surface area contributed by atoms with E-state index in [2.05, 4.69) is 31.0 Å². The van der Waals surface area contributed by atoms with E-state index in [4.69, 9.17) is 0 Å². The van der Waals surface area contributed by atoms with E-state index >= 15 is 0 Å². The van der Waals surface area contributed by atoms with Crippen LogP contribution in [0.1, 0.15) is 55.8 Å². The van der Waals surface area contributed by atoms with E-state index in [1.54, 1.807) is 0 Å². The molecule has 0 bridgehead atoms. The smallest absolute Gasteiger partial charge is 0.0916 e. The van der Waals surface area contributed by atoms with Gasteiger partial charge in [-0.05, 0) is 32.4 Å². The van der Waals surface area contributed by atoms with Crippen LogP contribution in [0.4, 0.5) is 0 Å². The summed E-state index contributed by atoms with van der Waals surface area (Å²) in [6.07, 6.45) is 7.66. The zero-order valence-corrected chi connectivity index (χ0v) is 12.3. The second kappa shape index (κ2) is 7.06. The standard InChI is InChI=1S/C17H27NO/c1-14-9-11-15(12-10-14)17(19)13-18(2)16-7-5-3-4-6-8-16/h9-12,16-17,19H,3-8,13H2,1-2H3. The molecule has 19 heavy (non-hydrogen) atoms. The van der Waals surface area contributed by atoms with Gasteiger partial charge in [-0.25, -0.2) is 0 Å². The maximum Gasteiger partial charge on any atom is 0.0916 e. The first-order valence-corrected chi connectivity index (χ1v) is 7.61. The molecule has 1 atom stereocenters. The Balaban J connectivity index is 1.89. The minimum Gasteiger partial charge on any atom is -0.387 e. The number of benzene rings is 1. The summed E-state index contributed by atoms with van der Waals surface area (Å²) < 4.78 is 0. The Morgan fingerprint density at radius 1 is 1.11 bits per heavy atom. The molecule has 0 aliphatic heterocycles. The summed E-state index contributed by atoms with van der Waals surface area (Å²) in [7, 11) is 2.16. The Hall–Kier alpha value is -0.860. The Morgan fingerprint density at radius 2 is 1.68 bits per heavy atom. The molecule has 1 aromatic rings. The maximum atomic E-state index is 10.3. The largest absolute Gasteiger partial charge is 0.387 e. The van der Waals surface area contributed by atoms with Gasteiger partial charge in [0.25, 0.3) is 0 Å². The molecule has 1 aliphatic carbocycles. The third-order valence-corrected chi connectivity index (χ3v) is 4.37. The second-order valence-corrected chi connectivity index (χ2v) is 6.01. The molecule has 2 rings (SSSR count). The molecule has 2 nitrogen and oxygen atoms in total. The van der Waals surface area contributed by atoms with Gasteiger partial charge >= 0.3 is 0 Å². The first-order chi connectivity index (χ1) is 9.16. The predicted octanol–water partition coefficient (Wildman–Crippen LogP) is 3.68. The lowest BCUT2D eigenvalue weighted by Crippen LogP contribution is -2.34. The Morgan fingerprint density at radius 3 is 2.26 bits per heavy atom. The number of aliphatic hydroxyl groups is 1. The number of rotatable bonds is 4. The summed E-state index contributed by atoms with van der Waals surface area (Å²) in [5.74, 6) is 0. The molecule has 0 heterocycles. The third kappa shape index (κ3) is 4.32. The lowest BCUT2D eigenvalue weighted by Gasteiger charge is -2.29. The van der Waals surface area contributed by atoms with Gasteiger partial charge in [0, 0.05) is 12.6 Å². The molecule has 1 N–H and O–H groups in total. The van der Waals surface area contributed by atoms with Crippen molar-refractivity contribution in [2.75, 3.05) is 13.6 Å². The van der Waals surface area contributed by atoms with Crippen molar-refractivity contribution in [2.45, 2.75) is 57.6 Å². The van der Waals surface area contributed by atoms with Gasteiger partial charge < -0.3 is 10.0 Å². The molecule has 1 unspecified atom stereocenters. The normalized spacial score (nSPS) is 19.4. The summed E-state index contributed by atoms with van der Waals surface area (Å²) in [6.45, 7) is 2.82. The Labute approximate surface area is 117 Å². The number of aryl methyl sites for hydroxylation is 1. The van der Waals surface area contributed by atoms with Crippen LogP contribution in [0.2, 0.25) is 0 Å². The molecule has 0 spiro atoms. The maximum absolute atomic E-state index is 10.3. The molecule has 2 heteroatoms. The Bertz CT molecular complexity index is 365. The molecule has 1 fully saturated rings. The van der Waals surface area contributed by atoms with Crippen molar-refractivity contribution in [1.82, 2.24) is 4.90 Å². The summed E-state index contributed by atoms with van der Waals surface area (Å²) in [5.41, 5.74) is 2.28. The Kier molecular flexibility index (Phi) is 5.41. The fraction of sp³-hybridized carbons (Fsp3) is 0.647. The monoisotopic (exact) mass is 261 g/mol. The van der Waals surface area contributed by atoms with Crippen LogP contribution in [-0.2, 0) is 0 Å². The van der Waals surface area contributed by atoms with E-state index < -0.39 is 0 Å². The molecule has 0 radical (unpaired) electrons. The second-order valence-electron chi connectivity index (χ2n) is 6.01. The van der Waals surface area contributed by atoms with Crippen LogP contribution in [0.5, 0.6) is 0 Å². The number of hydrogen-bond donors (Lipinski definition) is 1. The lowest BCUT2D eigenvalue weighted by molar-refractivity contribution is 0.0990.